The van der Waals surface area contributed by atoms with Gasteiger partial charge < -0.3 is 15.0 Å². The highest BCUT2D eigenvalue weighted by atomic mass is 16.5. The van der Waals surface area contributed by atoms with Crippen molar-refractivity contribution in [2.24, 2.45) is 0 Å². The van der Waals surface area contributed by atoms with E-state index >= 15 is 0 Å². The second-order valence-corrected chi connectivity index (χ2v) is 5.44. The van der Waals surface area contributed by atoms with Gasteiger partial charge in [0.15, 0.2) is 6.04 Å². The maximum absolute atomic E-state index is 5.61. The summed E-state index contributed by atoms with van der Waals surface area (Å²) in [5.74, 6) is 1.03. The largest absolute Gasteiger partial charge is 0.494 e. The number of likely N-dealkylation sites (tertiary alicyclic amines) is 1. The highest BCUT2D eigenvalue weighted by molar-refractivity contribution is 5.37. The molecule has 1 aromatic carbocycles. The maximum atomic E-state index is 5.61. The number of hydrogen-bond acceptors (Lipinski definition) is 1. The Kier molecular flexibility index (Phi) is 3.52. The zero-order valence-corrected chi connectivity index (χ0v) is 11.2. The van der Waals surface area contributed by atoms with Crippen LogP contribution in [0.15, 0.2) is 18.2 Å². The van der Waals surface area contributed by atoms with Crippen molar-refractivity contribution in [1.82, 2.24) is 0 Å². The first kappa shape index (κ1) is 12.0. The van der Waals surface area contributed by atoms with E-state index in [2.05, 4.69) is 23.5 Å². The summed E-state index contributed by atoms with van der Waals surface area (Å²) >= 11 is 0. The molecule has 0 aromatic heterocycles. The molecule has 1 atom stereocenters. The smallest absolute Gasteiger partial charge is 0.163 e. The highest BCUT2D eigenvalue weighted by Crippen LogP contribution is 2.23. The van der Waals surface area contributed by atoms with Crippen LogP contribution in [0.25, 0.3) is 0 Å². The Balaban J connectivity index is 1.86. The molecule has 0 spiro atoms. The van der Waals surface area contributed by atoms with E-state index in [4.69, 9.17) is 4.74 Å². The fourth-order valence-corrected chi connectivity index (χ4v) is 3.45. The molecule has 1 fully saturated rings. The number of nitrogens with one attached hydrogen (secondary N) is 1. The third-order valence-corrected chi connectivity index (χ3v) is 4.31. The SMILES string of the molecule is CCOc1ccc2c(c1)C[NH2+]C[C@@H]2[NH+]1CCCC1. The van der Waals surface area contributed by atoms with Gasteiger partial charge in [-0.2, -0.15) is 0 Å². The first-order valence-electron chi connectivity index (χ1n) is 7.30. The van der Waals surface area contributed by atoms with Crippen LogP contribution in [0.1, 0.15) is 36.9 Å². The molecule has 0 aliphatic carbocycles. The number of nitrogens with two attached hydrogens (primary N) is 1. The molecule has 2 heterocycles. The molecule has 1 saturated heterocycles. The average Bonchev–Trinajstić information content (AvgIpc) is 2.92. The molecule has 0 unspecified atom stereocenters. The van der Waals surface area contributed by atoms with Gasteiger partial charge in [-0.15, -0.1) is 0 Å². The Hall–Kier alpha value is -1.06. The van der Waals surface area contributed by atoms with Crippen molar-refractivity contribution >= 4 is 0 Å². The lowest BCUT2D eigenvalue weighted by atomic mass is 9.95. The monoisotopic (exact) mass is 248 g/mol. The molecule has 0 bridgehead atoms. The van der Waals surface area contributed by atoms with Crippen molar-refractivity contribution in [3.63, 3.8) is 0 Å². The predicted octanol–water partition coefficient (Wildman–Crippen LogP) is -0.118. The second kappa shape index (κ2) is 5.29. The lowest BCUT2D eigenvalue weighted by molar-refractivity contribution is -0.937. The average molecular weight is 248 g/mol. The molecular formula is C15H24N2O+2. The molecule has 3 N–H and O–H groups in total. The Labute approximate surface area is 109 Å². The van der Waals surface area contributed by atoms with Crippen LogP contribution in [0.5, 0.6) is 5.75 Å². The fraction of sp³-hybridized carbons (Fsp3) is 0.600. The van der Waals surface area contributed by atoms with Crippen LogP contribution >= 0.6 is 0 Å². The van der Waals surface area contributed by atoms with Gasteiger partial charge in [0, 0.05) is 24.0 Å². The standard InChI is InChI=1S/C15H22N2O/c1-2-18-13-5-6-14-12(9-13)10-16-11-15(14)17-7-3-4-8-17/h5-6,9,15-16H,2-4,7-8,10-11H2,1H3/p+2/t15-/m0/s1. The number of benzene rings is 1. The van der Waals surface area contributed by atoms with Crippen LogP contribution in [0.3, 0.4) is 0 Å². The van der Waals surface area contributed by atoms with Gasteiger partial charge in [-0.3, -0.25) is 0 Å². The maximum Gasteiger partial charge on any atom is 0.163 e. The van der Waals surface area contributed by atoms with Gasteiger partial charge >= 0.3 is 0 Å². The van der Waals surface area contributed by atoms with Gasteiger partial charge in [0.2, 0.25) is 0 Å². The summed E-state index contributed by atoms with van der Waals surface area (Å²) in [5.41, 5.74) is 3.05. The van der Waals surface area contributed by atoms with Crippen molar-refractivity contribution < 1.29 is 15.0 Å². The minimum atomic E-state index is 0.701. The third kappa shape index (κ3) is 2.25. The van der Waals surface area contributed by atoms with Crippen LogP contribution in [0.4, 0.5) is 0 Å². The zero-order valence-electron chi connectivity index (χ0n) is 11.2. The normalized spacial score (nSPS) is 23.9. The lowest BCUT2D eigenvalue weighted by Gasteiger charge is -2.28. The van der Waals surface area contributed by atoms with E-state index in [1.807, 2.05) is 6.92 Å². The predicted molar refractivity (Wildman–Crippen MR) is 70.8 cm³/mol. The van der Waals surface area contributed by atoms with Gasteiger partial charge in [0.1, 0.15) is 18.8 Å². The number of fused-ring (bicyclic) bond motifs is 1. The van der Waals surface area contributed by atoms with Crippen molar-refractivity contribution in [2.45, 2.75) is 32.4 Å². The summed E-state index contributed by atoms with van der Waals surface area (Å²) in [7, 11) is 0. The Morgan fingerprint density at radius 3 is 2.94 bits per heavy atom. The van der Waals surface area contributed by atoms with Crippen LogP contribution in [-0.2, 0) is 6.54 Å². The third-order valence-electron chi connectivity index (χ3n) is 4.31. The summed E-state index contributed by atoms with van der Waals surface area (Å²) in [6.45, 7) is 7.86. The number of hydrogen-bond donors (Lipinski definition) is 2. The first-order valence-corrected chi connectivity index (χ1v) is 7.30. The van der Waals surface area contributed by atoms with E-state index in [1.54, 1.807) is 10.5 Å². The second-order valence-electron chi connectivity index (χ2n) is 5.44. The Morgan fingerprint density at radius 1 is 1.33 bits per heavy atom. The van der Waals surface area contributed by atoms with Gasteiger partial charge in [-0.05, 0) is 25.1 Å². The van der Waals surface area contributed by atoms with Crippen molar-refractivity contribution in [3.05, 3.63) is 29.3 Å². The van der Waals surface area contributed by atoms with Crippen LogP contribution in [0.2, 0.25) is 0 Å². The van der Waals surface area contributed by atoms with E-state index in [1.165, 1.54) is 38.0 Å². The van der Waals surface area contributed by atoms with Gasteiger partial charge in [-0.25, -0.2) is 0 Å². The molecule has 3 rings (SSSR count). The van der Waals surface area contributed by atoms with Gasteiger partial charge in [-0.1, -0.05) is 0 Å². The van der Waals surface area contributed by atoms with E-state index in [0.717, 1.165) is 18.9 Å². The van der Waals surface area contributed by atoms with Crippen molar-refractivity contribution in [1.29, 1.82) is 0 Å². The Bertz CT molecular complexity index is 413. The van der Waals surface area contributed by atoms with E-state index in [9.17, 15) is 0 Å². The molecule has 0 amide bonds. The minimum absolute atomic E-state index is 0.701. The van der Waals surface area contributed by atoms with Gasteiger partial charge in [0.25, 0.3) is 0 Å². The minimum Gasteiger partial charge on any atom is -0.494 e. The Morgan fingerprint density at radius 2 is 2.17 bits per heavy atom. The number of rotatable bonds is 3. The molecule has 0 saturated carbocycles. The topological polar surface area (TPSA) is 30.3 Å². The molecule has 3 nitrogen and oxygen atoms in total. The summed E-state index contributed by atoms with van der Waals surface area (Å²) in [4.78, 5) is 1.79. The molecular weight excluding hydrogens is 224 g/mol. The summed E-state index contributed by atoms with van der Waals surface area (Å²) < 4.78 is 5.61. The zero-order chi connectivity index (χ0) is 12.4. The van der Waals surface area contributed by atoms with Crippen LogP contribution < -0.4 is 15.0 Å². The van der Waals surface area contributed by atoms with E-state index < -0.39 is 0 Å². The van der Waals surface area contributed by atoms with E-state index in [0.29, 0.717) is 6.04 Å². The number of ether oxygens (including phenoxy) is 1. The lowest BCUT2D eigenvalue weighted by Crippen LogP contribution is -3.13. The van der Waals surface area contributed by atoms with Crippen molar-refractivity contribution in [2.75, 3.05) is 26.2 Å². The quantitative estimate of drug-likeness (QED) is 0.768. The summed E-state index contributed by atoms with van der Waals surface area (Å²) in [5, 5.41) is 2.45. The molecule has 2 aliphatic rings. The number of quaternary nitrogens is 2. The molecule has 2 aliphatic heterocycles. The van der Waals surface area contributed by atoms with Crippen LogP contribution in [0, 0.1) is 0 Å². The molecule has 98 valence electrons. The summed E-state index contributed by atoms with van der Waals surface area (Å²) in [6, 6.07) is 7.41. The molecule has 18 heavy (non-hydrogen) atoms. The van der Waals surface area contributed by atoms with Crippen LogP contribution in [-0.4, -0.2) is 26.2 Å². The molecule has 3 heteroatoms. The summed E-state index contributed by atoms with van der Waals surface area (Å²) in [6.07, 6.45) is 2.80. The molecule has 0 radical (unpaired) electrons. The molecule has 1 aromatic rings. The van der Waals surface area contributed by atoms with E-state index in [-0.39, 0.29) is 0 Å². The highest BCUT2D eigenvalue weighted by Gasteiger charge is 2.33. The first-order chi connectivity index (χ1) is 8.88. The van der Waals surface area contributed by atoms with Crippen molar-refractivity contribution in [3.8, 4) is 5.75 Å². The van der Waals surface area contributed by atoms with Gasteiger partial charge in [0.05, 0.1) is 19.7 Å². The fourth-order valence-electron chi connectivity index (χ4n) is 3.45.